The van der Waals surface area contributed by atoms with Crippen LogP contribution >= 0.6 is 0 Å². The SMILES string of the molecule is CC(=O)C(C)(C(C)C)C(C)C. The minimum Gasteiger partial charge on any atom is -0.299 e. The zero-order valence-electron chi connectivity index (χ0n) is 8.56. The number of ketones is 1. The fourth-order valence-electron chi connectivity index (χ4n) is 1.48. The van der Waals surface area contributed by atoms with Gasteiger partial charge in [0.2, 0.25) is 0 Å². The summed E-state index contributed by atoms with van der Waals surface area (Å²) >= 11 is 0. The maximum atomic E-state index is 11.3. The van der Waals surface area contributed by atoms with Gasteiger partial charge in [-0.1, -0.05) is 34.6 Å². The van der Waals surface area contributed by atoms with E-state index >= 15 is 0 Å². The van der Waals surface area contributed by atoms with Crippen LogP contribution in [0.4, 0.5) is 0 Å². The van der Waals surface area contributed by atoms with Crippen LogP contribution in [0.3, 0.4) is 0 Å². The largest absolute Gasteiger partial charge is 0.299 e. The number of carbonyl (C=O) groups excluding carboxylic acids is 1. The van der Waals surface area contributed by atoms with Crippen LogP contribution in [0, 0.1) is 17.3 Å². The van der Waals surface area contributed by atoms with Gasteiger partial charge in [-0.3, -0.25) is 4.79 Å². The molecule has 0 atom stereocenters. The lowest BCUT2D eigenvalue weighted by atomic mass is 9.68. The minimum atomic E-state index is -0.139. The Bertz CT molecular complexity index is 137. The predicted molar refractivity (Wildman–Crippen MR) is 48.5 cm³/mol. The highest BCUT2D eigenvalue weighted by atomic mass is 16.1. The molecule has 0 bridgehead atoms. The third-order valence-corrected chi connectivity index (χ3v) is 3.16. The highest BCUT2D eigenvalue weighted by Gasteiger charge is 2.36. The van der Waals surface area contributed by atoms with Crippen LogP contribution in [0.15, 0.2) is 0 Å². The molecule has 0 aliphatic carbocycles. The van der Waals surface area contributed by atoms with Crippen molar-refractivity contribution in [3.05, 3.63) is 0 Å². The number of rotatable bonds is 3. The summed E-state index contributed by atoms with van der Waals surface area (Å²) < 4.78 is 0. The maximum absolute atomic E-state index is 11.3. The number of hydrogen-bond acceptors (Lipinski definition) is 1. The molecule has 0 amide bonds. The van der Waals surface area contributed by atoms with Crippen molar-refractivity contribution < 1.29 is 4.79 Å². The molecule has 0 unspecified atom stereocenters. The third-order valence-electron chi connectivity index (χ3n) is 3.16. The standard InChI is InChI=1S/C10H20O/c1-7(2)10(6,8(3)4)9(5)11/h7-8H,1-6H3. The van der Waals surface area contributed by atoms with Crippen molar-refractivity contribution in [2.24, 2.45) is 17.3 Å². The van der Waals surface area contributed by atoms with Gasteiger partial charge in [-0.25, -0.2) is 0 Å². The van der Waals surface area contributed by atoms with E-state index in [1.807, 2.05) is 0 Å². The topological polar surface area (TPSA) is 17.1 Å². The smallest absolute Gasteiger partial charge is 0.136 e. The first kappa shape index (κ1) is 10.7. The summed E-state index contributed by atoms with van der Waals surface area (Å²) in [6.07, 6.45) is 0. The maximum Gasteiger partial charge on any atom is 0.136 e. The summed E-state index contributed by atoms with van der Waals surface area (Å²) in [7, 11) is 0. The summed E-state index contributed by atoms with van der Waals surface area (Å²) in [5.41, 5.74) is -0.139. The molecule has 0 rings (SSSR count). The molecule has 0 saturated heterocycles. The lowest BCUT2D eigenvalue weighted by Crippen LogP contribution is -2.36. The summed E-state index contributed by atoms with van der Waals surface area (Å²) in [6.45, 7) is 12.2. The lowest BCUT2D eigenvalue weighted by Gasteiger charge is -2.35. The van der Waals surface area contributed by atoms with Crippen LogP contribution in [-0.4, -0.2) is 5.78 Å². The van der Waals surface area contributed by atoms with E-state index < -0.39 is 0 Å². The van der Waals surface area contributed by atoms with Gasteiger partial charge in [-0.2, -0.15) is 0 Å². The lowest BCUT2D eigenvalue weighted by molar-refractivity contribution is -0.130. The first-order chi connectivity index (χ1) is 4.83. The molecule has 0 spiro atoms. The Morgan fingerprint density at radius 3 is 1.36 bits per heavy atom. The van der Waals surface area contributed by atoms with Gasteiger partial charge < -0.3 is 0 Å². The van der Waals surface area contributed by atoms with Crippen LogP contribution in [0.25, 0.3) is 0 Å². The number of hydrogen-bond donors (Lipinski definition) is 0. The summed E-state index contributed by atoms with van der Waals surface area (Å²) in [4.78, 5) is 11.3. The van der Waals surface area contributed by atoms with Crippen molar-refractivity contribution in [1.82, 2.24) is 0 Å². The molecular weight excluding hydrogens is 136 g/mol. The zero-order valence-corrected chi connectivity index (χ0v) is 8.56. The van der Waals surface area contributed by atoms with Gasteiger partial charge in [0.05, 0.1) is 0 Å². The van der Waals surface area contributed by atoms with E-state index in [2.05, 4.69) is 34.6 Å². The molecule has 0 aromatic rings. The van der Waals surface area contributed by atoms with Gasteiger partial charge in [0.15, 0.2) is 0 Å². The van der Waals surface area contributed by atoms with Crippen LogP contribution in [0.5, 0.6) is 0 Å². The first-order valence-electron chi connectivity index (χ1n) is 4.34. The highest BCUT2D eigenvalue weighted by Crippen LogP contribution is 2.35. The van der Waals surface area contributed by atoms with Gasteiger partial charge in [0, 0.05) is 5.41 Å². The van der Waals surface area contributed by atoms with Gasteiger partial charge in [-0.15, -0.1) is 0 Å². The van der Waals surface area contributed by atoms with Crippen molar-refractivity contribution in [1.29, 1.82) is 0 Å². The molecule has 0 heterocycles. The summed E-state index contributed by atoms with van der Waals surface area (Å²) in [5.74, 6) is 1.17. The Kier molecular flexibility index (Phi) is 3.28. The Balaban J connectivity index is 4.67. The van der Waals surface area contributed by atoms with E-state index in [0.717, 1.165) is 0 Å². The summed E-state index contributed by atoms with van der Waals surface area (Å²) in [5, 5.41) is 0. The van der Waals surface area contributed by atoms with Crippen LogP contribution in [-0.2, 0) is 4.79 Å². The Hall–Kier alpha value is -0.330. The van der Waals surface area contributed by atoms with Gasteiger partial charge in [0.1, 0.15) is 5.78 Å². The number of carbonyl (C=O) groups is 1. The van der Waals surface area contributed by atoms with E-state index in [0.29, 0.717) is 17.6 Å². The molecule has 1 heteroatoms. The Labute approximate surface area is 70.2 Å². The highest BCUT2D eigenvalue weighted by molar-refractivity contribution is 5.82. The molecular formula is C10H20O. The molecule has 0 saturated carbocycles. The molecule has 0 fully saturated rings. The normalized spacial score (nSPS) is 12.7. The van der Waals surface area contributed by atoms with E-state index in [9.17, 15) is 4.79 Å². The van der Waals surface area contributed by atoms with E-state index in [1.165, 1.54) is 0 Å². The van der Waals surface area contributed by atoms with E-state index in [1.54, 1.807) is 6.92 Å². The average Bonchev–Trinajstić information content (AvgIpc) is 1.84. The number of Topliss-reactive ketones (excluding diaryl/α,β-unsaturated/α-hetero) is 1. The van der Waals surface area contributed by atoms with Crippen LogP contribution in [0.2, 0.25) is 0 Å². The molecule has 0 aliphatic heterocycles. The third kappa shape index (κ3) is 1.82. The van der Waals surface area contributed by atoms with Crippen molar-refractivity contribution in [2.75, 3.05) is 0 Å². The monoisotopic (exact) mass is 156 g/mol. The van der Waals surface area contributed by atoms with Crippen LogP contribution < -0.4 is 0 Å². The van der Waals surface area contributed by atoms with Gasteiger partial charge in [-0.05, 0) is 18.8 Å². The second kappa shape index (κ2) is 3.38. The molecule has 0 aromatic heterocycles. The van der Waals surface area contributed by atoms with Gasteiger partial charge >= 0.3 is 0 Å². The molecule has 0 N–H and O–H groups in total. The minimum absolute atomic E-state index is 0.139. The van der Waals surface area contributed by atoms with E-state index in [4.69, 9.17) is 0 Å². The van der Waals surface area contributed by atoms with Gasteiger partial charge in [0.25, 0.3) is 0 Å². The quantitative estimate of drug-likeness (QED) is 0.614. The predicted octanol–water partition coefficient (Wildman–Crippen LogP) is 2.89. The van der Waals surface area contributed by atoms with Crippen LogP contribution in [0.1, 0.15) is 41.5 Å². The first-order valence-corrected chi connectivity index (χ1v) is 4.34. The van der Waals surface area contributed by atoms with Crippen molar-refractivity contribution >= 4 is 5.78 Å². The molecule has 66 valence electrons. The van der Waals surface area contributed by atoms with Crippen molar-refractivity contribution in [2.45, 2.75) is 41.5 Å². The molecule has 0 radical (unpaired) electrons. The molecule has 1 nitrogen and oxygen atoms in total. The zero-order chi connectivity index (χ0) is 9.23. The second-order valence-corrected chi connectivity index (χ2v) is 4.15. The fourth-order valence-corrected chi connectivity index (χ4v) is 1.48. The Morgan fingerprint density at radius 2 is 1.36 bits per heavy atom. The molecule has 0 aliphatic rings. The average molecular weight is 156 g/mol. The van der Waals surface area contributed by atoms with E-state index in [-0.39, 0.29) is 5.41 Å². The Morgan fingerprint density at radius 1 is 1.09 bits per heavy atom. The van der Waals surface area contributed by atoms with Crippen molar-refractivity contribution in [3.8, 4) is 0 Å². The summed E-state index contributed by atoms with van der Waals surface area (Å²) in [6, 6.07) is 0. The fraction of sp³-hybridized carbons (Fsp3) is 0.900. The second-order valence-electron chi connectivity index (χ2n) is 4.15. The molecule has 0 aromatic carbocycles. The molecule has 11 heavy (non-hydrogen) atoms. The van der Waals surface area contributed by atoms with Crippen molar-refractivity contribution in [3.63, 3.8) is 0 Å².